The minimum Gasteiger partial charge on any atom is -0.481 e. The minimum atomic E-state index is -0.840. The number of amides is 1. The van der Waals surface area contributed by atoms with Gasteiger partial charge in [-0.3, -0.25) is 9.59 Å². The second-order valence-corrected chi connectivity index (χ2v) is 8.16. The number of carbonyl (C=O) groups is 2. The molecule has 2 fully saturated rings. The predicted octanol–water partition coefficient (Wildman–Crippen LogP) is 4.06. The highest BCUT2D eigenvalue weighted by atomic mass is 32.1. The molecule has 26 heavy (non-hydrogen) atoms. The predicted molar refractivity (Wildman–Crippen MR) is 101 cm³/mol. The maximum absolute atomic E-state index is 12.7. The van der Waals surface area contributed by atoms with Gasteiger partial charge in [-0.25, -0.2) is 4.98 Å². The molecule has 2 N–H and O–H groups in total. The number of thiazole rings is 1. The van der Waals surface area contributed by atoms with Gasteiger partial charge in [-0.1, -0.05) is 31.2 Å². The Bertz CT molecular complexity index is 830. The summed E-state index contributed by atoms with van der Waals surface area (Å²) in [6.07, 6.45) is 3.74. The molecule has 1 amide bonds. The number of benzene rings is 1. The lowest BCUT2D eigenvalue weighted by molar-refractivity contribution is -0.148. The Morgan fingerprint density at radius 2 is 1.88 bits per heavy atom. The number of nitrogens with one attached hydrogen (secondary N) is 1. The van der Waals surface area contributed by atoms with Crippen molar-refractivity contribution in [2.75, 3.05) is 5.32 Å². The van der Waals surface area contributed by atoms with Gasteiger partial charge in [0.05, 0.1) is 17.5 Å². The Labute approximate surface area is 156 Å². The molecule has 4 atom stereocenters. The van der Waals surface area contributed by atoms with E-state index in [1.54, 1.807) is 0 Å². The van der Waals surface area contributed by atoms with Crippen LogP contribution in [0, 0.1) is 23.7 Å². The van der Waals surface area contributed by atoms with Crippen molar-refractivity contribution >= 4 is 28.3 Å². The number of rotatable bonds is 5. The molecule has 2 aromatic rings. The van der Waals surface area contributed by atoms with Crippen molar-refractivity contribution in [2.24, 2.45) is 23.7 Å². The van der Waals surface area contributed by atoms with Crippen molar-refractivity contribution in [3.05, 3.63) is 35.2 Å². The van der Waals surface area contributed by atoms with Crippen LogP contribution in [0.3, 0.4) is 0 Å². The third-order valence-corrected chi connectivity index (χ3v) is 6.65. The number of hydrogen-bond acceptors (Lipinski definition) is 4. The van der Waals surface area contributed by atoms with Gasteiger partial charge in [0.25, 0.3) is 0 Å². The first-order valence-corrected chi connectivity index (χ1v) is 10.0. The summed E-state index contributed by atoms with van der Waals surface area (Å²) in [5.74, 6) is -1.66. The SMILES string of the molecule is CCc1ccc(-c2csc(NC(=O)[C@@H]3[C@H]4CC[C@@H](C4)[C@@H]3C(=O)O)n2)cc1. The van der Waals surface area contributed by atoms with E-state index in [9.17, 15) is 14.7 Å². The number of carboxylic acid groups (broad SMARTS) is 1. The van der Waals surface area contributed by atoms with Crippen LogP contribution < -0.4 is 5.32 Å². The summed E-state index contributed by atoms with van der Waals surface area (Å²) >= 11 is 1.38. The average Bonchev–Trinajstić information content (AvgIpc) is 3.37. The Balaban J connectivity index is 1.48. The van der Waals surface area contributed by atoms with E-state index < -0.39 is 17.8 Å². The van der Waals surface area contributed by atoms with E-state index in [4.69, 9.17) is 0 Å². The quantitative estimate of drug-likeness (QED) is 0.832. The van der Waals surface area contributed by atoms with E-state index in [0.29, 0.717) is 5.13 Å². The molecule has 1 aromatic carbocycles. The highest BCUT2D eigenvalue weighted by Gasteiger charge is 2.54. The topological polar surface area (TPSA) is 79.3 Å². The van der Waals surface area contributed by atoms with E-state index in [-0.39, 0.29) is 17.7 Å². The maximum Gasteiger partial charge on any atom is 0.307 e. The summed E-state index contributed by atoms with van der Waals surface area (Å²) in [6.45, 7) is 2.12. The smallest absolute Gasteiger partial charge is 0.307 e. The molecule has 1 heterocycles. The lowest BCUT2D eigenvalue weighted by atomic mass is 9.79. The van der Waals surface area contributed by atoms with E-state index >= 15 is 0 Å². The Kier molecular flexibility index (Phi) is 4.53. The number of aryl methyl sites for hydroxylation is 1. The molecule has 2 aliphatic rings. The largest absolute Gasteiger partial charge is 0.481 e. The number of hydrogen-bond donors (Lipinski definition) is 2. The normalized spacial score (nSPS) is 26.8. The first-order chi connectivity index (χ1) is 12.6. The number of carbonyl (C=O) groups excluding carboxylic acids is 1. The van der Waals surface area contributed by atoms with Crippen LogP contribution in [0.2, 0.25) is 0 Å². The van der Waals surface area contributed by atoms with Crippen LogP contribution in [0.5, 0.6) is 0 Å². The Morgan fingerprint density at radius 3 is 2.54 bits per heavy atom. The Morgan fingerprint density at radius 1 is 1.19 bits per heavy atom. The molecule has 1 aromatic heterocycles. The second-order valence-electron chi connectivity index (χ2n) is 7.30. The number of fused-ring (bicyclic) bond motifs is 2. The molecule has 136 valence electrons. The van der Waals surface area contributed by atoms with Crippen LogP contribution in [0.4, 0.5) is 5.13 Å². The van der Waals surface area contributed by atoms with Crippen molar-refractivity contribution in [2.45, 2.75) is 32.6 Å². The van der Waals surface area contributed by atoms with Crippen molar-refractivity contribution in [3.8, 4) is 11.3 Å². The molecule has 0 radical (unpaired) electrons. The van der Waals surface area contributed by atoms with Gasteiger partial charge in [0.2, 0.25) is 5.91 Å². The van der Waals surface area contributed by atoms with Crippen molar-refractivity contribution in [3.63, 3.8) is 0 Å². The molecule has 2 bridgehead atoms. The first-order valence-electron chi connectivity index (χ1n) is 9.15. The second kappa shape index (κ2) is 6.83. The summed E-state index contributed by atoms with van der Waals surface area (Å²) in [5.41, 5.74) is 3.12. The molecular formula is C20H22N2O3S. The monoisotopic (exact) mass is 370 g/mol. The Hall–Kier alpha value is -2.21. The van der Waals surface area contributed by atoms with Crippen LogP contribution in [-0.4, -0.2) is 22.0 Å². The molecule has 2 saturated carbocycles. The van der Waals surface area contributed by atoms with Gasteiger partial charge in [-0.15, -0.1) is 11.3 Å². The molecule has 2 aliphatic carbocycles. The summed E-state index contributed by atoms with van der Waals surface area (Å²) in [7, 11) is 0. The van der Waals surface area contributed by atoms with Gasteiger partial charge in [0.15, 0.2) is 5.13 Å². The maximum atomic E-state index is 12.7. The molecule has 5 nitrogen and oxygen atoms in total. The molecule has 0 aliphatic heterocycles. The molecule has 0 saturated heterocycles. The van der Waals surface area contributed by atoms with Gasteiger partial charge in [0.1, 0.15) is 0 Å². The number of aromatic nitrogens is 1. The zero-order valence-electron chi connectivity index (χ0n) is 14.6. The van der Waals surface area contributed by atoms with E-state index in [0.717, 1.165) is 36.9 Å². The van der Waals surface area contributed by atoms with Gasteiger partial charge in [-0.05, 0) is 43.1 Å². The van der Waals surface area contributed by atoms with Gasteiger partial charge in [-0.2, -0.15) is 0 Å². The first kappa shape index (κ1) is 17.2. The van der Waals surface area contributed by atoms with E-state index in [2.05, 4.69) is 29.4 Å². The highest BCUT2D eigenvalue weighted by Crippen LogP contribution is 2.52. The third-order valence-electron chi connectivity index (χ3n) is 5.90. The summed E-state index contributed by atoms with van der Waals surface area (Å²) in [4.78, 5) is 28.9. The average molecular weight is 370 g/mol. The summed E-state index contributed by atoms with van der Waals surface area (Å²) < 4.78 is 0. The van der Waals surface area contributed by atoms with Crippen LogP contribution in [-0.2, 0) is 16.0 Å². The zero-order chi connectivity index (χ0) is 18.3. The van der Waals surface area contributed by atoms with E-state index in [1.807, 2.05) is 17.5 Å². The summed E-state index contributed by atoms with van der Waals surface area (Å²) in [6, 6.07) is 8.24. The molecule has 6 heteroatoms. The van der Waals surface area contributed by atoms with Crippen molar-refractivity contribution in [1.82, 2.24) is 4.98 Å². The van der Waals surface area contributed by atoms with Gasteiger partial charge >= 0.3 is 5.97 Å². The van der Waals surface area contributed by atoms with Crippen LogP contribution in [0.15, 0.2) is 29.6 Å². The van der Waals surface area contributed by atoms with Crippen LogP contribution in [0.25, 0.3) is 11.3 Å². The van der Waals surface area contributed by atoms with Crippen LogP contribution in [0.1, 0.15) is 31.7 Å². The number of anilines is 1. The minimum absolute atomic E-state index is 0.150. The number of aliphatic carboxylic acids is 1. The fraction of sp³-hybridized carbons (Fsp3) is 0.450. The van der Waals surface area contributed by atoms with Gasteiger partial charge in [0, 0.05) is 10.9 Å². The fourth-order valence-corrected chi connectivity index (χ4v) is 5.31. The summed E-state index contributed by atoms with van der Waals surface area (Å²) in [5, 5.41) is 14.9. The standard InChI is InChI=1S/C20H22N2O3S/c1-2-11-3-5-12(6-4-11)15-10-26-20(21-15)22-18(23)16-13-7-8-14(9-13)17(16)19(24)25/h3-6,10,13-14,16-17H,2,7-9H2,1H3,(H,24,25)(H,21,22,23)/t13-,14-,16+,17-/m0/s1. The third kappa shape index (κ3) is 3.03. The highest BCUT2D eigenvalue weighted by molar-refractivity contribution is 7.14. The van der Waals surface area contributed by atoms with E-state index in [1.165, 1.54) is 16.9 Å². The van der Waals surface area contributed by atoms with Gasteiger partial charge < -0.3 is 10.4 Å². The molecule has 0 unspecified atom stereocenters. The lowest BCUT2D eigenvalue weighted by Gasteiger charge is -2.26. The molecule has 0 spiro atoms. The van der Waals surface area contributed by atoms with Crippen molar-refractivity contribution < 1.29 is 14.7 Å². The van der Waals surface area contributed by atoms with Crippen LogP contribution >= 0.6 is 11.3 Å². The lowest BCUT2D eigenvalue weighted by Crippen LogP contribution is -2.37. The van der Waals surface area contributed by atoms with Crippen molar-refractivity contribution in [1.29, 1.82) is 0 Å². The fourth-order valence-electron chi connectivity index (χ4n) is 4.59. The zero-order valence-corrected chi connectivity index (χ0v) is 15.5. The molecule has 4 rings (SSSR count). The number of nitrogens with zero attached hydrogens (tertiary/aromatic N) is 1. The molecular weight excluding hydrogens is 348 g/mol. The number of carboxylic acids is 1.